The van der Waals surface area contributed by atoms with Crippen molar-refractivity contribution in [2.45, 2.75) is 25.9 Å². The lowest BCUT2D eigenvalue weighted by Crippen LogP contribution is -2.47. The van der Waals surface area contributed by atoms with E-state index in [4.69, 9.17) is 4.43 Å². The summed E-state index contributed by atoms with van der Waals surface area (Å²) in [6.07, 6.45) is 3.74. The molecule has 0 aliphatic heterocycles. The lowest BCUT2D eigenvalue weighted by atomic mass is 10.1. The zero-order chi connectivity index (χ0) is 17.0. The summed E-state index contributed by atoms with van der Waals surface area (Å²) in [5.41, 5.74) is 3.14. The molecule has 0 N–H and O–H groups in total. The molecule has 3 aromatic rings. The molecule has 1 unspecified atom stereocenters. The van der Waals surface area contributed by atoms with Gasteiger partial charge in [0, 0.05) is 23.9 Å². The quantitative estimate of drug-likeness (QED) is 0.509. The van der Waals surface area contributed by atoms with Gasteiger partial charge in [0.1, 0.15) is 5.69 Å². The number of aromatic nitrogens is 2. The Labute approximate surface area is 144 Å². The van der Waals surface area contributed by atoms with Gasteiger partial charge < -0.3 is 4.43 Å². The molecular weight excluding hydrogens is 312 g/mol. The van der Waals surface area contributed by atoms with Gasteiger partial charge in [0.25, 0.3) is 6.23 Å². The molecule has 0 aliphatic carbocycles. The van der Waals surface area contributed by atoms with Crippen molar-refractivity contribution in [3.63, 3.8) is 0 Å². The van der Waals surface area contributed by atoms with E-state index in [1.807, 2.05) is 42.6 Å². The number of hydrogen-bond donors (Lipinski definition) is 0. The minimum Gasteiger partial charge on any atom is -0.360 e. The highest BCUT2D eigenvalue weighted by Gasteiger charge is 2.31. The van der Waals surface area contributed by atoms with Crippen molar-refractivity contribution < 1.29 is 8.99 Å². The lowest BCUT2D eigenvalue weighted by Gasteiger charge is -2.23. The molecule has 0 spiro atoms. The Hall–Kier alpha value is -2.30. The summed E-state index contributed by atoms with van der Waals surface area (Å²) in [7, 11) is -1.75. The normalized spacial score (nSPS) is 12.8. The topological polar surface area (TPSA) is 26.0 Å². The van der Waals surface area contributed by atoms with Crippen molar-refractivity contribution in [3.8, 4) is 11.4 Å². The summed E-state index contributed by atoms with van der Waals surface area (Å²) in [5.74, 6) is 0. The molecule has 1 atom stereocenters. The summed E-state index contributed by atoms with van der Waals surface area (Å²) in [6, 6.07) is 22.5. The van der Waals surface area contributed by atoms with Crippen LogP contribution >= 0.6 is 0 Å². The van der Waals surface area contributed by atoms with Crippen molar-refractivity contribution in [2.24, 2.45) is 0 Å². The second kappa shape index (κ2) is 7.07. The van der Waals surface area contributed by atoms with E-state index in [0.29, 0.717) is 0 Å². The number of benzene rings is 1. The maximum absolute atomic E-state index is 6.55. The van der Waals surface area contributed by atoms with Crippen molar-refractivity contribution in [1.82, 2.24) is 4.98 Å². The first-order valence-electron chi connectivity index (χ1n) is 8.19. The van der Waals surface area contributed by atoms with Crippen LogP contribution in [-0.4, -0.2) is 13.3 Å². The van der Waals surface area contributed by atoms with Crippen LogP contribution in [0.5, 0.6) is 0 Å². The van der Waals surface area contributed by atoms with Crippen LogP contribution in [0.3, 0.4) is 0 Å². The molecular formula is C20H23N2OSi+. The average Bonchev–Trinajstić information content (AvgIpc) is 2.60. The van der Waals surface area contributed by atoms with Gasteiger partial charge in [-0.25, -0.2) is 4.98 Å². The third kappa shape index (κ3) is 3.96. The third-order valence-electron chi connectivity index (χ3n) is 3.62. The Balaban J connectivity index is 2.12. The maximum atomic E-state index is 6.55. The number of rotatable bonds is 5. The van der Waals surface area contributed by atoms with E-state index in [2.05, 4.69) is 65.7 Å². The van der Waals surface area contributed by atoms with Gasteiger partial charge in [-0.05, 0) is 50.0 Å². The van der Waals surface area contributed by atoms with Gasteiger partial charge in [-0.2, -0.15) is 4.57 Å². The molecule has 4 heteroatoms. The van der Waals surface area contributed by atoms with Gasteiger partial charge in [-0.1, -0.05) is 24.3 Å². The van der Waals surface area contributed by atoms with Crippen molar-refractivity contribution in [1.29, 1.82) is 0 Å². The fourth-order valence-corrected chi connectivity index (χ4v) is 3.55. The predicted octanol–water partition coefficient (Wildman–Crippen LogP) is 4.43. The molecule has 1 aromatic carbocycles. The smallest absolute Gasteiger partial charge is 0.281 e. The standard InChI is InChI=1S/C20H23N2OSi/c1-24(2,3)23-20(17-11-5-4-6-12-17)22-16-10-8-14-19(22)18-13-7-9-15-21-18/h4-16,20H,1-3H3/q+1. The minimum absolute atomic E-state index is 0.156. The Morgan fingerprint density at radius 3 is 2.25 bits per heavy atom. The van der Waals surface area contributed by atoms with Gasteiger partial charge in [0.05, 0.1) is 0 Å². The van der Waals surface area contributed by atoms with E-state index >= 15 is 0 Å². The van der Waals surface area contributed by atoms with Gasteiger partial charge >= 0.3 is 0 Å². The van der Waals surface area contributed by atoms with E-state index in [-0.39, 0.29) is 6.23 Å². The van der Waals surface area contributed by atoms with E-state index in [0.717, 1.165) is 17.0 Å². The Morgan fingerprint density at radius 1 is 0.875 bits per heavy atom. The lowest BCUT2D eigenvalue weighted by molar-refractivity contribution is -0.735. The molecule has 0 aliphatic rings. The SMILES string of the molecule is C[Si](C)(C)OC(c1ccccc1)[n+]1ccccc1-c1ccccn1. The molecule has 24 heavy (non-hydrogen) atoms. The fraction of sp³-hybridized carbons (Fsp3) is 0.200. The highest BCUT2D eigenvalue weighted by molar-refractivity contribution is 6.69. The average molecular weight is 336 g/mol. The molecule has 0 saturated heterocycles. The second-order valence-electron chi connectivity index (χ2n) is 6.70. The van der Waals surface area contributed by atoms with Crippen LogP contribution in [0, 0.1) is 0 Å². The highest BCUT2D eigenvalue weighted by atomic mass is 28.4. The van der Waals surface area contributed by atoms with Crippen LogP contribution in [-0.2, 0) is 4.43 Å². The van der Waals surface area contributed by atoms with Crippen LogP contribution in [0.1, 0.15) is 11.8 Å². The summed E-state index contributed by atoms with van der Waals surface area (Å²) in [5, 5.41) is 0. The van der Waals surface area contributed by atoms with Crippen LogP contribution in [0.4, 0.5) is 0 Å². The molecule has 3 nitrogen and oxygen atoms in total. The van der Waals surface area contributed by atoms with Gasteiger partial charge in [-0.3, -0.25) is 0 Å². The Kier molecular flexibility index (Phi) is 4.88. The number of nitrogens with zero attached hydrogens (tertiary/aromatic N) is 2. The maximum Gasteiger partial charge on any atom is 0.281 e. The molecule has 0 radical (unpaired) electrons. The highest BCUT2D eigenvalue weighted by Crippen LogP contribution is 2.22. The Morgan fingerprint density at radius 2 is 1.58 bits per heavy atom. The summed E-state index contributed by atoms with van der Waals surface area (Å²) < 4.78 is 8.72. The van der Waals surface area contributed by atoms with E-state index in [1.54, 1.807) is 0 Å². The van der Waals surface area contributed by atoms with Gasteiger partial charge in [0.2, 0.25) is 5.69 Å². The van der Waals surface area contributed by atoms with Crippen LogP contribution < -0.4 is 4.57 Å². The summed E-state index contributed by atoms with van der Waals surface area (Å²) in [6.45, 7) is 6.65. The molecule has 0 amide bonds. The number of hydrogen-bond acceptors (Lipinski definition) is 2. The molecule has 0 saturated carbocycles. The van der Waals surface area contributed by atoms with E-state index in [1.165, 1.54) is 0 Å². The monoisotopic (exact) mass is 335 g/mol. The molecule has 2 heterocycles. The Bertz CT molecular complexity index is 785. The molecule has 2 aromatic heterocycles. The molecule has 122 valence electrons. The van der Waals surface area contributed by atoms with E-state index < -0.39 is 8.32 Å². The van der Waals surface area contributed by atoms with Crippen molar-refractivity contribution in [3.05, 3.63) is 84.7 Å². The fourth-order valence-electron chi connectivity index (χ4n) is 2.63. The van der Waals surface area contributed by atoms with Gasteiger partial charge in [0.15, 0.2) is 14.5 Å². The molecule has 0 fully saturated rings. The first-order valence-corrected chi connectivity index (χ1v) is 11.6. The van der Waals surface area contributed by atoms with Crippen molar-refractivity contribution in [2.75, 3.05) is 0 Å². The van der Waals surface area contributed by atoms with Gasteiger partial charge in [-0.15, -0.1) is 0 Å². The van der Waals surface area contributed by atoms with Crippen molar-refractivity contribution >= 4 is 8.32 Å². The van der Waals surface area contributed by atoms with Crippen LogP contribution in [0.2, 0.25) is 19.6 Å². The predicted molar refractivity (Wildman–Crippen MR) is 98.9 cm³/mol. The molecule has 0 bridgehead atoms. The first-order chi connectivity index (χ1) is 11.5. The summed E-state index contributed by atoms with van der Waals surface area (Å²) in [4.78, 5) is 4.52. The summed E-state index contributed by atoms with van der Waals surface area (Å²) >= 11 is 0. The zero-order valence-electron chi connectivity index (χ0n) is 14.4. The number of pyridine rings is 2. The first kappa shape index (κ1) is 16.6. The van der Waals surface area contributed by atoms with Crippen LogP contribution in [0.25, 0.3) is 11.4 Å². The second-order valence-corrected chi connectivity index (χ2v) is 11.2. The minimum atomic E-state index is -1.75. The van der Waals surface area contributed by atoms with E-state index in [9.17, 15) is 0 Å². The third-order valence-corrected chi connectivity index (χ3v) is 4.55. The zero-order valence-corrected chi connectivity index (χ0v) is 15.4. The largest absolute Gasteiger partial charge is 0.360 e. The molecule has 3 rings (SSSR count). The van der Waals surface area contributed by atoms with Crippen LogP contribution in [0.15, 0.2) is 79.1 Å².